The minimum Gasteiger partial charge on any atom is -0.494 e. The first kappa shape index (κ1) is 21.7. The molecular formula is C19H16F3NO6. The molecule has 7 nitrogen and oxygen atoms in total. The first-order valence-corrected chi connectivity index (χ1v) is 8.16. The van der Waals surface area contributed by atoms with Gasteiger partial charge in [0.25, 0.3) is 5.91 Å². The fourth-order valence-electron chi connectivity index (χ4n) is 2.22. The van der Waals surface area contributed by atoms with Gasteiger partial charge in [-0.1, -0.05) is 12.1 Å². The zero-order valence-corrected chi connectivity index (χ0v) is 15.1. The van der Waals surface area contributed by atoms with Crippen molar-refractivity contribution >= 4 is 17.7 Å². The predicted octanol–water partition coefficient (Wildman–Crippen LogP) is 2.59. The highest BCUT2D eigenvalue weighted by molar-refractivity contribution is 5.99. The highest BCUT2D eigenvalue weighted by atomic mass is 19.3. The number of rotatable bonds is 9. The molecule has 2 aromatic carbocycles. The predicted molar refractivity (Wildman–Crippen MR) is 93.6 cm³/mol. The number of halogens is 3. The highest BCUT2D eigenvalue weighted by Gasteiger charge is 2.17. The third-order valence-corrected chi connectivity index (χ3v) is 3.58. The van der Waals surface area contributed by atoms with Crippen LogP contribution >= 0.6 is 0 Å². The van der Waals surface area contributed by atoms with E-state index >= 15 is 0 Å². The van der Waals surface area contributed by atoms with Crippen molar-refractivity contribution in [1.82, 2.24) is 5.32 Å². The number of esters is 1. The number of methoxy groups -OCH3 is 1. The standard InChI is InChI=1S/C19H16F3NO6/c1-27-16-7-6-11(8-13(16)20)14(24)10-28-17(25)9-23-18(26)12-4-2-3-5-15(12)29-19(21)22/h2-8,19H,9-10H2,1H3,(H,23,26). The van der Waals surface area contributed by atoms with E-state index in [4.69, 9.17) is 9.47 Å². The Morgan fingerprint density at radius 3 is 2.45 bits per heavy atom. The molecule has 0 aromatic heterocycles. The van der Waals surface area contributed by atoms with Gasteiger partial charge in [0.15, 0.2) is 24.0 Å². The molecule has 0 unspecified atom stereocenters. The van der Waals surface area contributed by atoms with E-state index in [0.717, 1.165) is 6.07 Å². The van der Waals surface area contributed by atoms with Crippen molar-refractivity contribution in [1.29, 1.82) is 0 Å². The third-order valence-electron chi connectivity index (χ3n) is 3.58. The van der Waals surface area contributed by atoms with Gasteiger partial charge in [0.2, 0.25) is 0 Å². The van der Waals surface area contributed by atoms with Crippen molar-refractivity contribution in [3.05, 3.63) is 59.4 Å². The summed E-state index contributed by atoms with van der Waals surface area (Å²) in [6, 6.07) is 8.74. The molecule has 2 rings (SSSR count). The SMILES string of the molecule is COc1ccc(C(=O)COC(=O)CNC(=O)c2ccccc2OC(F)F)cc1F. The van der Waals surface area contributed by atoms with Gasteiger partial charge in [0.1, 0.15) is 12.3 Å². The Kier molecular flexibility index (Phi) is 7.58. The van der Waals surface area contributed by atoms with E-state index in [2.05, 4.69) is 10.1 Å². The zero-order valence-electron chi connectivity index (χ0n) is 15.1. The molecule has 2 aromatic rings. The number of ketones is 1. The van der Waals surface area contributed by atoms with Gasteiger partial charge in [0.05, 0.1) is 12.7 Å². The third kappa shape index (κ3) is 6.23. The second-order valence-corrected chi connectivity index (χ2v) is 5.49. The maximum atomic E-state index is 13.6. The Labute approximate surface area is 163 Å². The fourth-order valence-corrected chi connectivity index (χ4v) is 2.22. The van der Waals surface area contributed by atoms with Crippen LogP contribution in [0.3, 0.4) is 0 Å². The van der Waals surface area contributed by atoms with Gasteiger partial charge in [-0.2, -0.15) is 8.78 Å². The summed E-state index contributed by atoms with van der Waals surface area (Å²) >= 11 is 0. The number of Topliss-reactive ketones (excluding diaryl/α,β-unsaturated/α-hetero) is 1. The lowest BCUT2D eigenvalue weighted by molar-refractivity contribution is -0.141. The Bertz CT molecular complexity index is 903. The Balaban J connectivity index is 1.86. The van der Waals surface area contributed by atoms with E-state index in [0.29, 0.717) is 0 Å². The lowest BCUT2D eigenvalue weighted by atomic mass is 10.1. The summed E-state index contributed by atoms with van der Waals surface area (Å²) in [5, 5.41) is 2.17. The Morgan fingerprint density at radius 2 is 1.79 bits per heavy atom. The summed E-state index contributed by atoms with van der Waals surface area (Å²) in [4.78, 5) is 35.7. The first-order chi connectivity index (χ1) is 13.8. The number of para-hydroxylation sites is 1. The van der Waals surface area contributed by atoms with Crippen molar-refractivity contribution in [2.24, 2.45) is 0 Å². The maximum absolute atomic E-state index is 13.6. The average molecular weight is 411 g/mol. The van der Waals surface area contributed by atoms with Crippen molar-refractivity contribution in [3.8, 4) is 11.5 Å². The van der Waals surface area contributed by atoms with Crippen molar-refractivity contribution < 1.29 is 41.8 Å². The van der Waals surface area contributed by atoms with Crippen molar-refractivity contribution in [3.63, 3.8) is 0 Å². The van der Waals surface area contributed by atoms with E-state index < -0.39 is 43.2 Å². The van der Waals surface area contributed by atoms with Crippen LogP contribution in [0.25, 0.3) is 0 Å². The first-order valence-electron chi connectivity index (χ1n) is 8.16. The van der Waals surface area contributed by atoms with E-state index in [-0.39, 0.29) is 22.6 Å². The second kappa shape index (κ2) is 10.1. The molecule has 0 aliphatic carbocycles. The van der Waals surface area contributed by atoms with Gasteiger partial charge >= 0.3 is 12.6 Å². The molecule has 1 N–H and O–H groups in total. The smallest absolute Gasteiger partial charge is 0.387 e. The summed E-state index contributed by atoms with van der Waals surface area (Å²) in [5.41, 5.74) is -0.233. The lowest BCUT2D eigenvalue weighted by Crippen LogP contribution is -2.31. The molecule has 0 heterocycles. The quantitative estimate of drug-likeness (QED) is 0.504. The number of hydrogen-bond acceptors (Lipinski definition) is 6. The number of ether oxygens (including phenoxy) is 3. The molecule has 0 aliphatic heterocycles. The van der Waals surface area contributed by atoms with Crippen LogP contribution < -0.4 is 14.8 Å². The van der Waals surface area contributed by atoms with E-state index in [1.54, 1.807) is 0 Å². The van der Waals surface area contributed by atoms with Gasteiger partial charge in [-0.25, -0.2) is 4.39 Å². The zero-order chi connectivity index (χ0) is 21.4. The molecule has 0 spiro atoms. The molecule has 154 valence electrons. The number of alkyl halides is 2. The molecule has 0 fully saturated rings. The molecule has 0 atom stereocenters. The summed E-state index contributed by atoms with van der Waals surface area (Å²) in [6.07, 6.45) is 0. The molecular weight excluding hydrogens is 395 g/mol. The summed E-state index contributed by atoms with van der Waals surface area (Å²) < 4.78 is 52.0. The van der Waals surface area contributed by atoms with Gasteiger partial charge in [-0.05, 0) is 30.3 Å². The monoisotopic (exact) mass is 411 g/mol. The molecule has 0 bridgehead atoms. The van der Waals surface area contributed by atoms with Crippen LogP contribution in [0.4, 0.5) is 13.2 Å². The van der Waals surface area contributed by atoms with Crippen LogP contribution in [0.1, 0.15) is 20.7 Å². The highest BCUT2D eigenvalue weighted by Crippen LogP contribution is 2.20. The maximum Gasteiger partial charge on any atom is 0.387 e. The van der Waals surface area contributed by atoms with E-state index in [9.17, 15) is 27.6 Å². The van der Waals surface area contributed by atoms with Gasteiger partial charge in [-0.15, -0.1) is 0 Å². The second-order valence-electron chi connectivity index (χ2n) is 5.49. The van der Waals surface area contributed by atoms with Crippen LogP contribution in [0, 0.1) is 5.82 Å². The van der Waals surface area contributed by atoms with E-state index in [1.807, 2.05) is 0 Å². The van der Waals surface area contributed by atoms with Crippen LogP contribution in [-0.2, 0) is 9.53 Å². The normalized spacial score (nSPS) is 10.4. The number of carbonyl (C=O) groups is 3. The summed E-state index contributed by atoms with van der Waals surface area (Å²) in [7, 11) is 1.27. The summed E-state index contributed by atoms with van der Waals surface area (Å²) in [5.74, 6) is -3.61. The fraction of sp³-hybridized carbons (Fsp3) is 0.211. The van der Waals surface area contributed by atoms with Gasteiger partial charge in [0, 0.05) is 5.56 Å². The Hall–Kier alpha value is -3.56. The molecule has 0 saturated heterocycles. The molecule has 0 radical (unpaired) electrons. The number of nitrogens with one attached hydrogen (secondary N) is 1. The van der Waals surface area contributed by atoms with Crippen LogP contribution in [0.5, 0.6) is 11.5 Å². The van der Waals surface area contributed by atoms with Crippen molar-refractivity contribution in [2.45, 2.75) is 6.61 Å². The summed E-state index contributed by atoms with van der Waals surface area (Å²) in [6.45, 7) is -4.42. The van der Waals surface area contributed by atoms with Crippen LogP contribution in [-0.4, -0.2) is 44.5 Å². The Morgan fingerprint density at radius 1 is 1.07 bits per heavy atom. The van der Waals surface area contributed by atoms with Crippen LogP contribution in [0.2, 0.25) is 0 Å². The van der Waals surface area contributed by atoms with E-state index in [1.165, 1.54) is 43.5 Å². The topological polar surface area (TPSA) is 90.9 Å². The molecule has 10 heteroatoms. The molecule has 0 aliphatic rings. The number of benzene rings is 2. The number of amides is 1. The minimum atomic E-state index is -3.12. The number of hydrogen-bond donors (Lipinski definition) is 1. The molecule has 29 heavy (non-hydrogen) atoms. The number of carbonyl (C=O) groups excluding carboxylic acids is 3. The minimum absolute atomic E-state index is 0.0294. The largest absolute Gasteiger partial charge is 0.494 e. The van der Waals surface area contributed by atoms with Gasteiger partial charge < -0.3 is 19.5 Å². The lowest BCUT2D eigenvalue weighted by Gasteiger charge is -2.10. The van der Waals surface area contributed by atoms with Crippen molar-refractivity contribution in [2.75, 3.05) is 20.3 Å². The molecule has 1 amide bonds. The molecule has 0 saturated carbocycles. The van der Waals surface area contributed by atoms with Gasteiger partial charge in [-0.3, -0.25) is 14.4 Å². The average Bonchev–Trinajstić information content (AvgIpc) is 2.70. The van der Waals surface area contributed by atoms with Crippen LogP contribution in [0.15, 0.2) is 42.5 Å².